The predicted molar refractivity (Wildman–Crippen MR) is 66.3 cm³/mol. The number of carbonyl (C=O) groups excluding carboxylic acids is 1. The van der Waals surface area contributed by atoms with Gasteiger partial charge in [-0.3, -0.25) is 4.79 Å². The first-order valence-corrected chi connectivity index (χ1v) is 6.95. The van der Waals surface area contributed by atoms with E-state index in [9.17, 15) is 4.79 Å². The Morgan fingerprint density at radius 1 is 1.24 bits per heavy atom. The van der Waals surface area contributed by atoms with Gasteiger partial charge in [-0.1, -0.05) is 12.8 Å². The minimum absolute atomic E-state index is 0.103. The summed E-state index contributed by atoms with van der Waals surface area (Å²) in [5.41, 5.74) is 0. The van der Waals surface area contributed by atoms with E-state index in [1.807, 2.05) is 0 Å². The molecule has 3 nitrogen and oxygen atoms in total. The highest BCUT2D eigenvalue weighted by molar-refractivity contribution is 5.84. The molecule has 94 valence electrons. The van der Waals surface area contributed by atoms with Gasteiger partial charge in [0, 0.05) is 12.3 Å². The van der Waals surface area contributed by atoms with Gasteiger partial charge in [0.05, 0.1) is 12.1 Å². The maximum absolute atomic E-state index is 12.1. The van der Waals surface area contributed by atoms with Gasteiger partial charge in [0.2, 0.25) is 0 Å². The summed E-state index contributed by atoms with van der Waals surface area (Å²) >= 11 is 0. The van der Waals surface area contributed by atoms with Crippen molar-refractivity contribution in [1.29, 1.82) is 5.26 Å². The molecule has 2 fully saturated rings. The van der Waals surface area contributed by atoms with Crippen LogP contribution in [0.25, 0.3) is 0 Å². The molecule has 2 rings (SSSR count). The number of carbonyl (C=O) groups is 1. The van der Waals surface area contributed by atoms with Gasteiger partial charge >= 0.3 is 0 Å². The van der Waals surface area contributed by atoms with E-state index in [0.717, 1.165) is 38.6 Å². The molecule has 0 spiro atoms. The van der Waals surface area contributed by atoms with Crippen LogP contribution in [0, 0.1) is 23.2 Å². The highest BCUT2D eigenvalue weighted by atomic mass is 16.1. The number of nitrogens with one attached hydrogen (secondary N) is 1. The minimum atomic E-state index is 0.103. The lowest BCUT2D eigenvalue weighted by molar-refractivity contribution is -0.122. The number of rotatable bonds is 3. The van der Waals surface area contributed by atoms with Crippen LogP contribution in [0.5, 0.6) is 0 Å². The third-order valence-corrected chi connectivity index (χ3v) is 4.15. The summed E-state index contributed by atoms with van der Waals surface area (Å²) in [6.07, 6.45) is 8.30. The quantitative estimate of drug-likeness (QED) is 0.816. The van der Waals surface area contributed by atoms with E-state index in [1.165, 1.54) is 12.8 Å². The van der Waals surface area contributed by atoms with Crippen molar-refractivity contribution in [3.8, 4) is 6.07 Å². The van der Waals surface area contributed by atoms with Crippen LogP contribution in [-0.2, 0) is 4.79 Å². The van der Waals surface area contributed by atoms with E-state index in [4.69, 9.17) is 5.26 Å². The molecule has 1 aliphatic heterocycles. The van der Waals surface area contributed by atoms with Gasteiger partial charge in [0.1, 0.15) is 5.78 Å². The Kier molecular flexibility index (Phi) is 4.56. The molecule has 17 heavy (non-hydrogen) atoms. The molecule has 1 saturated heterocycles. The molecular weight excluding hydrogens is 212 g/mol. The van der Waals surface area contributed by atoms with Crippen LogP contribution in [0.4, 0.5) is 0 Å². The van der Waals surface area contributed by atoms with Gasteiger partial charge in [-0.2, -0.15) is 5.26 Å². The first-order valence-electron chi connectivity index (χ1n) is 6.95. The molecule has 1 aliphatic carbocycles. The zero-order valence-electron chi connectivity index (χ0n) is 10.5. The molecule has 3 unspecified atom stereocenters. The normalized spacial score (nSPS) is 33.9. The molecule has 0 amide bonds. The Morgan fingerprint density at radius 2 is 2.12 bits per heavy atom. The average Bonchev–Trinajstić information content (AvgIpc) is 2.40. The maximum atomic E-state index is 12.1. The Morgan fingerprint density at radius 3 is 2.82 bits per heavy atom. The molecule has 1 N–H and O–H groups in total. The second-order valence-electron chi connectivity index (χ2n) is 5.53. The average molecular weight is 234 g/mol. The van der Waals surface area contributed by atoms with Gasteiger partial charge in [-0.15, -0.1) is 0 Å². The molecule has 0 aromatic heterocycles. The minimum Gasteiger partial charge on any atom is -0.307 e. The van der Waals surface area contributed by atoms with E-state index in [2.05, 4.69) is 11.4 Å². The van der Waals surface area contributed by atoms with Gasteiger partial charge in [-0.05, 0) is 44.6 Å². The van der Waals surface area contributed by atoms with Crippen molar-refractivity contribution in [3.63, 3.8) is 0 Å². The lowest BCUT2D eigenvalue weighted by atomic mass is 9.79. The van der Waals surface area contributed by atoms with E-state index in [1.54, 1.807) is 0 Å². The van der Waals surface area contributed by atoms with Gasteiger partial charge in [-0.25, -0.2) is 0 Å². The second kappa shape index (κ2) is 6.16. The number of piperidine rings is 1. The van der Waals surface area contributed by atoms with Crippen molar-refractivity contribution in [2.75, 3.05) is 6.54 Å². The van der Waals surface area contributed by atoms with Crippen LogP contribution in [0.15, 0.2) is 0 Å². The van der Waals surface area contributed by atoms with Crippen molar-refractivity contribution in [3.05, 3.63) is 0 Å². The fourth-order valence-corrected chi connectivity index (χ4v) is 3.15. The van der Waals surface area contributed by atoms with Crippen LogP contribution >= 0.6 is 0 Å². The number of hydrogen-bond donors (Lipinski definition) is 1. The third-order valence-electron chi connectivity index (χ3n) is 4.15. The predicted octanol–water partition coefficient (Wildman–Crippen LogP) is 2.42. The topological polar surface area (TPSA) is 52.9 Å². The Bertz CT molecular complexity index is 302. The molecule has 3 heteroatoms. The van der Waals surface area contributed by atoms with Crippen LogP contribution in [0.3, 0.4) is 0 Å². The first kappa shape index (κ1) is 12.6. The maximum Gasteiger partial charge on any atom is 0.150 e. The molecular formula is C14H22N2O. The van der Waals surface area contributed by atoms with E-state index in [-0.39, 0.29) is 12.0 Å². The SMILES string of the molecule is N#CC1CCCC(CC(=O)C2CCCCN2)C1. The van der Waals surface area contributed by atoms with Crippen LogP contribution in [-0.4, -0.2) is 18.4 Å². The smallest absolute Gasteiger partial charge is 0.150 e. The first-order chi connectivity index (χ1) is 8.29. The Labute approximate surface area is 104 Å². The van der Waals surface area contributed by atoms with Crippen molar-refractivity contribution in [2.24, 2.45) is 11.8 Å². The van der Waals surface area contributed by atoms with Crippen LogP contribution in [0.2, 0.25) is 0 Å². The molecule has 1 heterocycles. The fourth-order valence-electron chi connectivity index (χ4n) is 3.15. The van der Waals surface area contributed by atoms with E-state index in [0.29, 0.717) is 18.1 Å². The number of nitriles is 1. The monoisotopic (exact) mass is 234 g/mol. The standard InChI is InChI=1S/C14H22N2O/c15-10-12-5-3-4-11(8-12)9-14(17)13-6-1-2-7-16-13/h11-13,16H,1-9H2. The lowest BCUT2D eigenvalue weighted by Gasteiger charge is -2.28. The Balaban J connectivity index is 1.79. The summed E-state index contributed by atoms with van der Waals surface area (Å²) in [7, 11) is 0. The highest BCUT2D eigenvalue weighted by Crippen LogP contribution is 2.31. The Hall–Kier alpha value is -0.880. The number of Topliss-reactive ketones (excluding diaryl/α,β-unsaturated/α-hetero) is 1. The molecule has 0 aromatic rings. The lowest BCUT2D eigenvalue weighted by Crippen LogP contribution is -2.41. The summed E-state index contributed by atoms with van der Waals surface area (Å²) in [5, 5.41) is 12.3. The summed E-state index contributed by atoms with van der Waals surface area (Å²) in [6.45, 7) is 0.988. The summed E-state index contributed by atoms with van der Waals surface area (Å²) < 4.78 is 0. The number of hydrogen-bond acceptors (Lipinski definition) is 3. The van der Waals surface area contributed by atoms with E-state index >= 15 is 0 Å². The second-order valence-corrected chi connectivity index (χ2v) is 5.53. The zero-order chi connectivity index (χ0) is 12.1. The van der Waals surface area contributed by atoms with Crippen molar-refractivity contribution >= 4 is 5.78 Å². The van der Waals surface area contributed by atoms with Gasteiger partial charge in [0.25, 0.3) is 0 Å². The van der Waals surface area contributed by atoms with Crippen molar-refractivity contribution in [1.82, 2.24) is 5.32 Å². The molecule has 1 saturated carbocycles. The zero-order valence-corrected chi connectivity index (χ0v) is 10.5. The number of ketones is 1. The van der Waals surface area contributed by atoms with Crippen LogP contribution < -0.4 is 5.32 Å². The summed E-state index contributed by atoms with van der Waals surface area (Å²) in [5.74, 6) is 1.04. The fraction of sp³-hybridized carbons (Fsp3) is 0.857. The number of nitrogens with zero attached hydrogens (tertiary/aromatic N) is 1. The van der Waals surface area contributed by atoms with Crippen molar-refractivity contribution < 1.29 is 4.79 Å². The molecule has 3 atom stereocenters. The van der Waals surface area contributed by atoms with Crippen molar-refractivity contribution in [2.45, 2.75) is 57.4 Å². The summed E-state index contributed by atoms with van der Waals surface area (Å²) in [6, 6.07) is 2.46. The van der Waals surface area contributed by atoms with E-state index < -0.39 is 0 Å². The van der Waals surface area contributed by atoms with Gasteiger partial charge < -0.3 is 5.32 Å². The molecule has 0 bridgehead atoms. The van der Waals surface area contributed by atoms with Crippen LogP contribution in [0.1, 0.15) is 51.4 Å². The highest BCUT2D eigenvalue weighted by Gasteiger charge is 2.27. The largest absolute Gasteiger partial charge is 0.307 e. The molecule has 0 radical (unpaired) electrons. The molecule has 2 aliphatic rings. The molecule has 0 aromatic carbocycles. The summed E-state index contributed by atoms with van der Waals surface area (Å²) in [4.78, 5) is 12.1. The van der Waals surface area contributed by atoms with Gasteiger partial charge in [0.15, 0.2) is 0 Å². The third kappa shape index (κ3) is 3.54.